The van der Waals surface area contributed by atoms with Crippen molar-refractivity contribution < 1.29 is 4.79 Å². The maximum absolute atomic E-state index is 13.1. The van der Waals surface area contributed by atoms with Crippen LogP contribution in [0.4, 0.5) is 0 Å². The van der Waals surface area contributed by atoms with Crippen molar-refractivity contribution in [1.82, 2.24) is 19.5 Å². The molecule has 122 valence electrons. The number of aryl methyl sites for hydroxylation is 1. The van der Waals surface area contributed by atoms with Gasteiger partial charge in [0.2, 0.25) is 0 Å². The fourth-order valence-electron chi connectivity index (χ4n) is 3.45. The number of likely N-dealkylation sites (tertiary alicyclic amines) is 1. The number of amides is 1. The highest BCUT2D eigenvalue weighted by molar-refractivity contribution is 9.10. The molecule has 0 saturated carbocycles. The fourth-order valence-corrected chi connectivity index (χ4v) is 3.75. The number of aromatic nitrogens is 3. The van der Waals surface area contributed by atoms with E-state index in [-0.39, 0.29) is 11.9 Å². The van der Waals surface area contributed by atoms with Crippen molar-refractivity contribution in [2.75, 3.05) is 6.54 Å². The lowest BCUT2D eigenvalue weighted by Crippen LogP contribution is -2.30. The van der Waals surface area contributed by atoms with E-state index >= 15 is 0 Å². The van der Waals surface area contributed by atoms with Crippen LogP contribution in [0.1, 0.15) is 40.4 Å². The van der Waals surface area contributed by atoms with E-state index in [9.17, 15) is 4.79 Å². The Kier molecular flexibility index (Phi) is 3.84. The Balaban J connectivity index is 1.71. The number of hydrogen-bond acceptors (Lipinski definition) is 3. The molecule has 4 rings (SSSR count). The van der Waals surface area contributed by atoms with E-state index < -0.39 is 0 Å². The van der Waals surface area contributed by atoms with Gasteiger partial charge in [-0.15, -0.1) is 0 Å². The van der Waals surface area contributed by atoms with Crippen LogP contribution in [-0.4, -0.2) is 31.9 Å². The molecular formula is C18H17BrN4O. The molecule has 1 aliphatic rings. The van der Waals surface area contributed by atoms with Gasteiger partial charge in [-0.1, -0.05) is 24.3 Å². The maximum Gasteiger partial charge on any atom is 0.259 e. The number of carbonyl (C=O) groups is 1. The Bertz CT molecular complexity index is 920. The van der Waals surface area contributed by atoms with Gasteiger partial charge in [-0.05, 0) is 46.8 Å². The van der Waals surface area contributed by atoms with E-state index in [0.29, 0.717) is 11.2 Å². The standard InChI is InChI=1S/C18H17BrN4O/c1-12-5-2-3-6-14(12)16-7-4-8-22(16)18(24)15-10-21-23-11-13(19)9-20-17(15)23/h2-3,5-6,9-11,16H,4,7-8H2,1H3/t16-/m0/s1. The highest BCUT2D eigenvalue weighted by Crippen LogP contribution is 2.35. The van der Waals surface area contributed by atoms with Crippen LogP contribution in [-0.2, 0) is 0 Å². The molecule has 2 aromatic heterocycles. The van der Waals surface area contributed by atoms with Crippen molar-refractivity contribution in [3.63, 3.8) is 0 Å². The fraction of sp³-hybridized carbons (Fsp3) is 0.278. The van der Waals surface area contributed by atoms with Gasteiger partial charge in [-0.2, -0.15) is 5.10 Å². The number of rotatable bonds is 2. The van der Waals surface area contributed by atoms with Gasteiger partial charge in [0.25, 0.3) is 5.91 Å². The predicted octanol–water partition coefficient (Wildman–Crippen LogP) is 3.78. The predicted molar refractivity (Wildman–Crippen MR) is 94.9 cm³/mol. The Morgan fingerprint density at radius 3 is 2.96 bits per heavy atom. The Morgan fingerprint density at radius 1 is 1.29 bits per heavy atom. The van der Waals surface area contributed by atoms with Crippen LogP contribution >= 0.6 is 15.9 Å². The number of benzene rings is 1. The number of halogens is 1. The average Bonchev–Trinajstić information content (AvgIpc) is 3.21. The summed E-state index contributed by atoms with van der Waals surface area (Å²) in [4.78, 5) is 19.4. The Hall–Kier alpha value is -2.21. The lowest BCUT2D eigenvalue weighted by atomic mass is 9.99. The molecule has 1 amide bonds. The largest absolute Gasteiger partial charge is 0.331 e. The molecule has 0 spiro atoms. The van der Waals surface area contributed by atoms with E-state index in [1.807, 2.05) is 23.2 Å². The van der Waals surface area contributed by atoms with Crippen LogP contribution in [0.25, 0.3) is 5.65 Å². The summed E-state index contributed by atoms with van der Waals surface area (Å²) in [5, 5.41) is 4.26. The van der Waals surface area contributed by atoms with Crippen molar-refractivity contribution in [2.45, 2.75) is 25.8 Å². The second-order valence-electron chi connectivity index (χ2n) is 6.11. The Labute approximate surface area is 148 Å². The van der Waals surface area contributed by atoms with Gasteiger partial charge in [0, 0.05) is 18.9 Å². The lowest BCUT2D eigenvalue weighted by molar-refractivity contribution is 0.0737. The monoisotopic (exact) mass is 384 g/mol. The van der Waals surface area contributed by atoms with E-state index in [1.54, 1.807) is 16.9 Å². The molecule has 1 aliphatic heterocycles. The summed E-state index contributed by atoms with van der Waals surface area (Å²) in [5.74, 6) is 0.00516. The minimum atomic E-state index is 0.00516. The van der Waals surface area contributed by atoms with E-state index in [4.69, 9.17) is 0 Å². The SMILES string of the molecule is Cc1ccccc1[C@@H]1CCCN1C(=O)c1cnn2cc(Br)cnc12. The molecule has 0 radical (unpaired) electrons. The van der Waals surface area contributed by atoms with Gasteiger partial charge in [-0.3, -0.25) is 4.79 Å². The molecule has 6 heteroatoms. The molecular weight excluding hydrogens is 368 g/mol. The molecule has 5 nitrogen and oxygen atoms in total. The summed E-state index contributed by atoms with van der Waals surface area (Å²) >= 11 is 3.37. The first-order valence-electron chi connectivity index (χ1n) is 8.00. The lowest BCUT2D eigenvalue weighted by Gasteiger charge is -2.26. The van der Waals surface area contributed by atoms with E-state index in [2.05, 4.69) is 45.1 Å². The zero-order valence-electron chi connectivity index (χ0n) is 13.3. The molecule has 1 fully saturated rings. The number of carbonyl (C=O) groups excluding carboxylic acids is 1. The van der Waals surface area contributed by atoms with Crippen LogP contribution in [0, 0.1) is 6.92 Å². The van der Waals surface area contributed by atoms with Crippen molar-refractivity contribution in [3.05, 3.63) is 64.0 Å². The average molecular weight is 385 g/mol. The van der Waals surface area contributed by atoms with Crippen LogP contribution in [0.2, 0.25) is 0 Å². The quantitative estimate of drug-likeness (QED) is 0.675. The van der Waals surface area contributed by atoms with Crippen LogP contribution < -0.4 is 0 Å². The summed E-state index contributed by atoms with van der Waals surface area (Å²) in [7, 11) is 0. The van der Waals surface area contributed by atoms with Crippen LogP contribution in [0.15, 0.2) is 47.3 Å². The normalized spacial score (nSPS) is 17.6. The highest BCUT2D eigenvalue weighted by Gasteiger charge is 2.32. The summed E-state index contributed by atoms with van der Waals surface area (Å²) < 4.78 is 2.46. The van der Waals surface area contributed by atoms with Crippen molar-refractivity contribution in [3.8, 4) is 0 Å². The molecule has 24 heavy (non-hydrogen) atoms. The third-order valence-electron chi connectivity index (χ3n) is 4.62. The zero-order valence-corrected chi connectivity index (χ0v) is 14.9. The molecule has 0 bridgehead atoms. The summed E-state index contributed by atoms with van der Waals surface area (Å²) in [5.41, 5.74) is 3.61. The first-order valence-corrected chi connectivity index (χ1v) is 8.80. The van der Waals surface area contributed by atoms with Gasteiger partial charge >= 0.3 is 0 Å². The molecule has 0 unspecified atom stereocenters. The smallest absolute Gasteiger partial charge is 0.259 e. The molecule has 0 aliphatic carbocycles. The molecule has 0 N–H and O–H groups in total. The first-order chi connectivity index (χ1) is 11.6. The Morgan fingerprint density at radius 2 is 2.12 bits per heavy atom. The minimum absolute atomic E-state index is 0.00516. The highest BCUT2D eigenvalue weighted by atomic mass is 79.9. The zero-order chi connectivity index (χ0) is 16.7. The molecule has 3 heterocycles. The molecule has 1 saturated heterocycles. The maximum atomic E-state index is 13.1. The van der Waals surface area contributed by atoms with Crippen LogP contribution in [0.5, 0.6) is 0 Å². The van der Waals surface area contributed by atoms with Gasteiger partial charge in [-0.25, -0.2) is 9.50 Å². The van der Waals surface area contributed by atoms with Crippen molar-refractivity contribution in [1.29, 1.82) is 0 Å². The topological polar surface area (TPSA) is 50.5 Å². The second kappa shape index (κ2) is 6.02. The van der Waals surface area contributed by atoms with Gasteiger partial charge in [0.1, 0.15) is 5.56 Å². The van der Waals surface area contributed by atoms with E-state index in [1.165, 1.54) is 11.1 Å². The summed E-state index contributed by atoms with van der Waals surface area (Å²) in [6, 6.07) is 8.43. The van der Waals surface area contributed by atoms with Crippen LogP contribution in [0.3, 0.4) is 0 Å². The van der Waals surface area contributed by atoms with Crippen molar-refractivity contribution in [2.24, 2.45) is 0 Å². The summed E-state index contributed by atoms with van der Waals surface area (Å²) in [6.45, 7) is 2.87. The van der Waals surface area contributed by atoms with Gasteiger partial charge in [0.05, 0.1) is 16.7 Å². The number of hydrogen-bond donors (Lipinski definition) is 0. The molecule has 1 atom stereocenters. The minimum Gasteiger partial charge on any atom is -0.331 e. The first kappa shape index (κ1) is 15.3. The van der Waals surface area contributed by atoms with Gasteiger partial charge in [0.15, 0.2) is 5.65 Å². The summed E-state index contributed by atoms with van der Waals surface area (Å²) in [6.07, 6.45) is 7.13. The number of nitrogens with zero attached hydrogens (tertiary/aromatic N) is 4. The second-order valence-corrected chi connectivity index (χ2v) is 7.03. The molecule has 3 aromatic rings. The number of fused-ring (bicyclic) bond motifs is 1. The van der Waals surface area contributed by atoms with Gasteiger partial charge < -0.3 is 4.90 Å². The molecule has 1 aromatic carbocycles. The van der Waals surface area contributed by atoms with Crippen molar-refractivity contribution >= 4 is 27.5 Å². The van der Waals surface area contributed by atoms with E-state index in [0.717, 1.165) is 23.9 Å². The third-order valence-corrected chi connectivity index (χ3v) is 5.03. The third kappa shape index (κ3) is 2.51.